The fraction of sp³-hybridized carbons (Fsp3) is 0.0952. The van der Waals surface area contributed by atoms with Crippen LogP contribution in [0.15, 0.2) is 60.9 Å². The molecule has 5 nitrogen and oxygen atoms in total. The Morgan fingerprint density at radius 1 is 0.889 bits per heavy atom. The molecule has 0 atom stereocenters. The van der Waals surface area contributed by atoms with E-state index in [1.54, 1.807) is 56.3 Å². The zero-order chi connectivity index (χ0) is 19.4. The summed E-state index contributed by atoms with van der Waals surface area (Å²) in [4.78, 5) is 29.1. The number of hydrogen-bond donors (Lipinski definition) is 2. The van der Waals surface area contributed by atoms with E-state index in [1.165, 1.54) is 18.5 Å². The van der Waals surface area contributed by atoms with Crippen molar-refractivity contribution >= 4 is 23.2 Å². The first-order valence-electron chi connectivity index (χ1n) is 8.34. The second-order valence-corrected chi connectivity index (χ2v) is 6.11. The highest BCUT2D eigenvalue weighted by molar-refractivity contribution is 6.13. The third-order valence-electron chi connectivity index (χ3n) is 4.13. The van der Waals surface area contributed by atoms with E-state index < -0.39 is 11.7 Å². The topological polar surface area (TPSA) is 71.1 Å². The van der Waals surface area contributed by atoms with Gasteiger partial charge < -0.3 is 10.6 Å². The van der Waals surface area contributed by atoms with E-state index >= 15 is 0 Å². The Kier molecular flexibility index (Phi) is 5.26. The third-order valence-corrected chi connectivity index (χ3v) is 4.13. The van der Waals surface area contributed by atoms with Crippen LogP contribution in [0.2, 0.25) is 0 Å². The summed E-state index contributed by atoms with van der Waals surface area (Å²) in [5.41, 5.74) is 2.70. The maximum Gasteiger partial charge on any atom is 0.257 e. The van der Waals surface area contributed by atoms with Gasteiger partial charge in [-0.2, -0.15) is 0 Å². The summed E-state index contributed by atoms with van der Waals surface area (Å²) in [6, 6.07) is 12.8. The molecule has 0 saturated carbocycles. The van der Waals surface area contributed by atoms with Crippen molar-refractivity contribution in [3.63, 3.8) is 0 Å². The standard InChI is InChI=1S/C21H18FN3O2/c1-13-6-7-16(12-18(13)22)24-21(27)17-5-3-4-14(2)19(17)25-20(26)15-8-10-23-11-9-15/h3-12H,1-2H3,(H,24,27)(H,25,26). The molecule has 0 fully saturated rings. The van der Waals surface area contributed by atoms with Gasteiger partial charge in [0.2, 0.25) is 0 Å². The lowest BCUT2D eigenvalue weighted by Crippen LogP contribution is -2.19. The number of aromatic nitrogens is 1. The molecule has 1 aromatic heterocycles. The van der Waals surface area contributed by atoms with Crippen LogP contribution in [0, 0.1) is 19.7 Å². The number of nitrogens with one attached hydrogen (secondary N) is 2. The van der Waals surface area contributed by atoms with E-state index in [2.05, 4.69) is 15.6 Å². The number of aryl methyl sites for hydroxylation is 2. The van der Waals surface area contributed by atoms with Gasteiger partial charge in [-0.05, 0) is 55.3 Å². The van der Waals surface area contributed by atoms with Crippen LogP contribution in [-0.2, 0) is 0 Å². The van der Waals surface area contributed by atoms with Crippen molar-refractivity contribution in [2.45, 2.75) is 13.8 Å². The first-order chi connectivity index (χ1) is 13.0. The van der Waals surface area contributed by atoms with Gasteiger partial charge in [0, 0.05) is 23.6 Å². The van der Waals surface area contributed by atoms with Gasteiger partial charge in [0.25, 0.3) is 11.8 Å². The molecule has 0 spiro atoms. The van der Waals surface area contributed by atoms with Crippen LogP contribution < -0.4 is 10.6 Å². The number of halogens is 1. The second kappa shape index (κ2) is 7.78. The molecular formula is C21H18FN3O2. The average molecular weight is 363 g/mol. The minimum atomic E-state index is -0.438. The van der Waals surface area contributed by atoms with E-state index in [0.29, 0.717) is 28.1 Å². The Labute approximate surface area is 156 Å². The van der Waals surface area contributed by atoms with E-state index in [0.717, 1.165) is 5.56 Å². The number of carbonyl (C=O) groups is 2. The van der Waals surface area contributed by atoms with Gasteiger partial charge in [-0.15, -0.1) is 0 Å². The SMILES string of the molecule is Cc1ccc(NC(=O)c2cccc(C)c2NC(=O)c2ccncc2)cc1F. The molecule has 0 saturated heterocycles. The summed E-state index contributed by atoms with van der Waals surface area (Å²) in [6.45, 7) is 3.44. The predicted molar refractivity (Wildman–Crippen MR) is 102 cm³/mol. The zero-order valence-electron chi connectivity index (χ0n) is 14.9. The van der Waals surface area contributed by atoms with Gasteiger partial charge in [-0.1, -0.05) is 18.2 Å². The molecule has 0 aliphatic carbocycles. The monoisotopic (exact) mass is 363 g/mol. The predicted octanol–water partition coefficient (Wildman–Crippen LogP) is 4.34. The van der Waals surface area contributed by atoms with Crippen molar-refractivity contribution in [3.05, 3.63) is 89.0 Å². The Bertz CT molecular complexity index is 1000. The molecule has 27 heavy (non-hydrogen) atoms. The van der Waals surface area contributed by atoms with Gasteiger partial charge in [0.1, 0.15) is 5.82 Å². The van der Waals surface area contributed by atoms with Gasteiger partial charge in [0.15, 0.2) is 0 Å². The van der Waals surface area contributed by atoms with Crippen LogP contribution in [0.1, 0.15) is 31.8 Å². The molecule has 0 aliphatic heterocycles. The summed E-state index contributed by atoms with van der Waals surface area (Å²) in [5.74, 6) is -1.18. The quantitative estimate of drug-likeness (QED) is 0.724. The highest BCUT2D eigenvalue weighted by Crippen LogP contribution is 2.23. The molecule has 0 radical (unpaired) electrons. The zero-order valence-corrected chi connectivity index (χ0v) is 14.9. The lowest BCUT2D eigenvalue weighted by molar-refractivity contribution is 0.102. The lowest BCUT2D eigenvalue weighted by atomic mass is 10.1. The highest BCUT2D eigenvalue weighted by atomic mass is 19.1. The first kappa shape index (κ1) is 18.3. The Hall–Kier alpha value is -3.54. The Morgan fingerprint density at radius 3 is 2.33 bits per heavy atom. The van der Waals surface area contributed by atoms with Crippen LogP contribution in [-0.4, -0.2) is 16.8 Å². The van der Waals surface area contributed by atoms with Crippen LogP contribution in [0.5, 0.6) is 0 Å². The van der Waals surface area contributed by atoms with Crippen LogP contribution in [0.3, 0.4) is 0 Å². The van der Waals surface area contributed by atoms with Crippen molar-refractivity contribution in [1.82, 2.24) is 4.98 Å². The highest BCUT2D eigenvalue weighted by Gasteiger charge is 2.17. The second-order valence-electron chi connectivity index (χ2n) is 6.11. The van der Waals surface area contributed by atoms with E-state index in [-0.39, 0.29) is 5.91 Å². The number of pyridine rings is 1. The van der Waals surface area contributed by atoms with E-state index in [4.69, 9.17) is 0 Å². The third kappa shape index (κ3) is 4.17. The molecule has 0 aliphatic rings. The molecule has 1 heterocycles. The minimum absolute atomic E-state index is 0.290. The molecule has 3 aromatic rings. The molecule has 2 amide bonds. The summed E-state index contributed by atoms with van der Waals surface area (Å²) >= 11 is 0. The summed E-state index contributed by atoms with van der Waals surface area (Å²) in [7, 11) is 0. The van der Waals surface area contributed by atoms with Crippen LogP contribution in [0.25, 0.3) is 0 Å². The van der Waals surface area contributed by atoms with Crippen LogP contribution in [0.4, 0.5) is 15.8 Å². The molecule has 0 bridgehead atoms. The summed E-state index contributed by atoms with van der Waals surface area (Å²) in [6.07, 6.45) is 3.04. The van der Waals surface area contributed by atoms with Crippen molar-refractivity contribution in [1.29, 1.82) is 0 Å². The number of carbonyl (C=O) groups excluding carboxylic acids is 2. The number of rotatable bonds is 4. The molecule has 136 valence electrons. The van der Waals surface area contributed by atoms with Gasteiger partial charge in [-0.3, -0.25) is 14.6 Å². The number of nitrogens with zero attached hydrogens (tertiary/aromatic N) is 1. The van der Waals surface area contributed by atoms with E-state index in [1.807, 2.05) is 0 Å². The van der Waals surface area contributed by atoms with Crippen LogP contribution >= 0.6 is 0 Å². The summed E-state index contributed by atoms with van der Waals surface area (Å²) in [5, 5.41) is 5.45. The average Bonchev–Trinajstić information content (AvgIpc) is 2.67. The lowest BCUT2D eigenvalue weighted by Gasteiger charge is -2.14. The van der Waals surface area contributed by atoms with Crippen molar-refractivity contribution in [2.75, 3.05) is 10.6 Å². The molecule has 0 unspecified atom stereocenters. The van der Waals surface area contributed by atoms with Crippen molar-refractivity contribution in [2.24, 2.45) is 0 Å². The minimum Gasteiger partial charge on any atom is -0.322 e. The Morgan fingerprint density at radius 2 is 1.63 bits per heavy atom. The maximum absolute atomic E-state index is 13.7. The largest absolute Gasteiger partial charge is 0.322 e. The molecule has 3 rings (SSSR count). The van der Waals surface area contributed by atoms with Gasteiger partial charge in [0.05, 0.1) is 11.3 Å². The maximum atomic E-state index is 13.7. The molecule has 2 aromatic carbocycles. The first-order valence-corrected chi connectivity index (χ1v) is 8.34. The number of amides is 2. The fourth-order valence-electron chi connectivity index (χ4n) is 2.58. The normalized spacial score (nSPS) is 10.3. The number of para-hydroxylation sites is 1. The fourth-order valence-corrected chi connectivity index (χ4v) is 2.58. The molecular weight excluding hydrogens is 345 g/mol. The van der Waals surface area contributed by atoms with Gasteiger partial charge in [-0.25, -0.2) is 4.39 Å². The van der Waals surface area contributed by atoms with Crippen molar-refractivity contribution < 1.29 is 14.0 Å². The van der Waals surface area contributed by atoms with Crippen molar-refractivity contribution in [3.8, 4) is 0 Å². The Balaban J connectivity index is 1.87. The van der Waals surface area contributed by atoms with E-state index in [9.17, 15) is 14.0 Å². The smallest absolute Gasteiger partial charge is 0.257 e. The summed E-state index contributed by atoms with van der Waals surface area (Å²) < 4.78 is 13.7. The molecule has 2 N–H and O–H groups in total. The number of anilines is 2. The number of benzene rings is 2. The van der Waals surface area contributed by atoms with Gasteiger partial charge >= 0.3 is 0 Å². The number of hydrogen-bond acceptors (Lipinski definition) is 3. The molecule has 6 heteroatoms.